The Hall–Kier alpha value is -1.71. The quantitative estimate of drug-likeness (QED) is 0.879. The van der Waals surface area contributed by atoms with Crippen LogP contribution in [0.2, 0.25) is 10.0 Å². The van der Waals surface area contributed by atoms with Crippen LogP contribution in [0.4, 0.5) is 5.69 Å². The molecular formula is C16H13Cl2NO2. The highest BCUT2D eigenvalue weighted by atomic mass is 35.5. The third kappa shape index (κ3) is 2.71. The summed E-state index contributed by atoms with van der Waals surface area (Å²) in [7, 11) is 0. The van der Waals surface area contributed by atoms with E-state index in [1.165, 1.54) is 0 Å². The number of benzene rings is 2. The second-order valence-electron chi connectivity index (χ2n) is 4.98. The van der Waals surface area contributed by atoms with E-state index in [2.05, 4.69) is 5.32 Å². The molecule has 108 valence electrons. The fourth-order valence-electron chi connectivity index (χ4n) is 2.44. The number of halogens is 2. The molecule has 1 amide bonds. The van der Waals surface area contributed by atoms with Crippen molar-refractivity contribution in [3.63, 3.8) is 0 Å². The summed E-state index contributed by atoms with van der Waals surface area (Å²) in [6.07, 6.45) is 0.952. The monoisotopic (exact) mass is 321 g/mol. The van der Waals surface area contributed by atoms with Crippen LogP contribution in [0.25, 0.3) is 0 Å². The first-order chi connectivity index (χ1) is 10.1. The number of rotatable bonds is 2. The Morgan fingerprint density at radius 2 is 1.86 bits per heavy atom. The van der Waals surface area contributed by atoms with Gasteiger partial charge in [0.2, 0.25) is 0 Å². The van der Waals surface area contributed by atoms with Crippen LogP contribution < -0.4 is 10.1 Å². The second-order valence-corrected chi connectivity index (χ2v) is 5.79. The van der Waals surface area contributed by atoms with Crippen molar-refractivity contribution in [2.45, 2.75) is 19.4 Å². The minimum absolute atomic E-state index is 0.113. The highest BCUT2D eigenvalue weighted by Crippen LogP contribution is 2.36. The third-order valence-corrected chi connectivity index (χ3v) is 3.99. The molecule has 0 bridgehead atoms. The van der Waals surface area contributed by atoms with Gasteiger partial charge in [0, 0.05) is 6.42 Å². The molecule has 0 aromatic heterocycles. The summed E-state index contributed by atoms with van der Waals surface area (Å²) in [5.74, 6) is 0.378. The molecular weight excluding hydrogens is 309 g/mol. The first kappa shape index (κ1) is 14.2. The number of amides is 1. The Balaban J connectivity index is 1.92. The minimum Gasteiger partial charge on any atom is -0.488 e. The van der Waals surface area contributed by atoms with Crippen LogP contribution in [0, 0.1) is 0 Å². The summed E-state index contributed by atoms with van der Waals surface area (Å²) < 4.78 is 5.75. The predicted molar refractivity (Wildman–Crippen MR) is 84.7 cm³/mol. The van der Waals surface area contributed by atoms with Gasteiger partial charge in [-0.3, -0.25) is 4.79 Å². The van der Waals surface area contributed by atoms with Gasteiger partial charge in [0.1, 0.15) is 11.9 Å². The van der Waals surface area contributed by atoms with E-state index in [0.29, 0.717) is 15.7 Å². The lowest BCUT2D eigenvalue weighted by molar-refractivity contribution is 0.102. The Kier molecular flexibility index (Phi) is 3.79. The maximum Gasteiger partial charge on any atom is 0.258 e. The number of fused-ring (bicyclic) bond motifs is 1. The molecule has 0 saturated heterocycles. The van der Waals surface area contributed by atoms with Gasteiger partial charge in [0.25, 0.3) is 5.91 Å². The van der Waals surface area contributed by atoms with E-state index in [0.717, 1.165) is 17.7 Å². The van der Waals surface area contributed by atoms with Gasteiger partial charge >= 0.3 is 0 Å². The van der Waals surface area contributed by atoms with Crippen molar-refractivity contribution in [3.8, 4) is 5.75 Å². The van der Waals surface area contributed by atoms with Gasteiger partial charge in [-0.05, 0) is 30.7 Å². The average Bonchev–Trinajstić information content (AvgIpc) is 2.80. The van der Waals surface area contributed by atoms with Crippen LogP contribution >= 0.6 is 23.2 Å². The van der Waals surface area contributed by atoms with Crippen LogP contribution in [0.15, 0.2) is 36.4 Å². The zero-order valence-electron chi connectivity index (χ0n) is 11.3. The zero-order chi connectivity index (χ0) is 15.0. The molecule has 1 unspecified atom stereocenters. The second kappa shape index (κ2) is 5.58. The maximum atomic E-state index is 12.4. The van der Waals surface area contributed by atoms with Crippen LogP contribution in [0.1, 0.15) is 22.8 Å². The third-order valence-electron chi connectivity index (χ3n) is 3.36. The van der Waals surface area contributed by atoms with Crippen LogP contribution in [0.3, 0.4) is 0 Å². The van der Waals surface area contributed by atoms with E-state index in [9.17, 15) is 4.79 Å². The number of ether oxygens (including phenoxy) is 1. The average molecular weight is 322 g/mol. The van der Waals surface area contributed by atoms with E-state index >= 15 is 0 Å². The topological polar surface area (TPSA) is 38.3 Å². The molecule has 0 radical (unpaired) electrons. The summed E-state index contributed by atoms with van der Waals surface area (Å²) >= 11 is 12.1. The smallest absolute Gasteiger partial charge is 0.258 e. The molecule has 5 heteroatoms. The van der Waals surface area contributed by atoms with Gasteiger partial charge in [0.15, 0.2) is 0 Å². The summed E-state index contributed by atoms with van der Waals surface area (Å²) in [6.45, 7) is 2.00. The molecule has 0 aliphatic carbocycles. The van der Waals surface area contributed by atoms with Crippen molar-refractivity contribution in [3.05, 3.63) is 57.6 Å². The fraction of sp³-hybridized carbons (Fsp3) is 0.188. The fourth-order valence-corrected chi connectivity index (χ4v) is 3.00. The Labute approximate surface area is 132 Å². The number of hydrogen-bond acceptors (Lipinski definition) is 2. The molecule has 0 saturated carbocycles. The van der Waals surface area contributed by atoms with Crippen molar-refractivity contribution in [1.29, 1.82) is 0 Å². The summed E-state index contributed by atoms with van der Waals surface area (Å²) in [6, 6.07) is 10.7. The van der Waals surface area contributed by atoms with Crippen molar-refractivity contribution >= 4 is 34.8 Å². The van der Waals surface area contributed by atoms with Gasteiger partial charge in [-0.25, -0.2) is 0 Å². The highest BCUT2D eigenvalue weighted by molar-refractivity contribution is 6.40. The van der Waals surface area contributed by atoms with E-state index in [1.54, 1.807) is 24.3 Å². The number of carbonyl (C=O) groups excluding carboxylic acids is 1. The highest BCUT2D eigenvalue weighted by Gasteiger charge is 2.23. The lowest BCUT2D eigenvalue weighted by atomic mass is 10.1. The lowest BCUT2D eigenvalue weighted by Gasteiger charge is -2.12. The minimum atomic E-state index is -0.345. The molecule has 1 N–H and O–H groups in total. The van der Waals surface area contributed by atoms with Crippen LogP contribution in [-0.4, -0.2) is 12.0 Å². The number of para-hydroxylation sites is 1. The van der Waals surface area contributed by atoms with Crippen molar-refractivity contribution in [1.82, 2.24) is 0 Å². The Morgan fingerprint density at radius 1 is 1.19 bits per heavy atom. The van der Waals surface area contributed by atoms with Crippen LogP contribution in [0.5, 0.6) is 5.75 Å². The molecule has 1 aliphatic rings. The van der Waals surface area contributed by atoms with Crippen LogP contribution in [-0.2, 0) is 6.42 Å². The Morgan fingerprint density at radius 3 is 2.57 bits per heavy atom. The maximum absolute atomic E-state index is 12.4. The molecule has 3 nitrogen and oxygen atoms in total. The van der Waals surface area contributed by atoms with Gasteiger partial charge in [-0.1, -0.05) is 41.4 Å². The molecule has 1 heterocycles. The van der Waals surface area contributed by atoms with Crippen molar-refractivity contribution in [2.24, 2.45) is 0 Å². The number of anilines is 1. The number of hydrogen-bond donors (Lipinski definition) is 1. The normalized spacial score (nSPS) is 16.2. The molecule has 2 aromatic rings. The van der Waals surface area contributed by atoms with Gasteiger partial charge in [0.05, 0.1) is 21.3 Å². The van der Waals surface area contributed by atoms with Crippen molar-refractivity contribution in [2.75, 3.05) is 5.32 Å². The van der Waals surface area contributed by atoms with E-state index in [-0.39, 0.29) is 17.6 Å². The van der Waals surface area contributed by atoms with Gasteiger partial charge in [-0.15, -0.1) is 0 Å². The van der Waals surface area contributed by atoms with Gasteiger partial charge < -0.3 is 10.1 Å². The summed E-state index contributed by atoms with van der Waals surface area (Å²) in [5, 5.41) is 3.47. The zero-order valence-corrected chi connectivity index (χ0v) is 12.8. The number of carbonyl (C=O) groups is 1. The van der Waals surface area contributed by atoms with Crippen molar-refractivity contribution < 1.29 is 9.53 Å². The molecule has 2 aromatic carbocycles. The Bertz CT molecular complexity index is 695. The molecule has 21 heavy (non-hydrogen) atoms. The molecule has 0 fully saturated rings. The molecule has 1 aliphatic heterocycles. The predicted octanol–water partition coefficient (Wildman–Crippen LogP) is 4.57. The standard InChI is InChI=1S/C16H13Cl2NO2/c1-9-8-10-4-2-7-13(15(10)21-9)19-16(20)14-11(17)5-3-6-12(14)18/h2-7,9H,8H2,1H3,(H,19,20). The molecule has 0 spiro atoms. The largest absolute Gasteiger partial charge is 0.488 e. The summed E-state index contributed by atoms with van der Waals surface area (Å²) in [4.78, 5) is 12.4. The lowest BCUT2D eigenvalue weighted by Crippen LogP contribution is -2.14. The molecule has 3 rings (SSSR count). The SMILES string of the molecule is CC1Cc2cccc(NC(=O)c3c(Cl)cccc3Cl)c2O1. The molecule has 1 atom stereocenters. The summed E-state index contributed by atoms with van der Waals surface area (Å²) in [5.41, 5.74) is 1.99. The van der Waals surface area contributed by atoms with E-state index in [4.69, 9.17) is 27.9 Å². The van der Waals surface area contributed by atoms with E-state index in [1.807, 2.05) is 19.1 Å². The van der Waals surface area contributed by atoms with Gasteiger partial charge in [-0.2, -0.15) is 0 Å². The first-order valence-electron chi connectivity index (χ1n) is 6.60. The first-order valence-corrected chi connectivity index (χ1v) is 7.36. The number of nitrogens with one attached hydrogen (secondary N) is 1. The van der Waals surface area contributed by atoms with E-state index < -0.39 is 0 Å².